The summed E-state index contributed by atoms with van der Waals surface area (Å²) in [5, 5.41) is 6.26. The Bertz CT molecular complexity index is 248. The Balaban J connectivity index is 2.09. The Hall–Kier alpha value is -0.610. The molecule has 1 aliphatic rings. The maximum absolute atomic E-state index is 12.1. The average Bonchev–Trinajstić information content (AvgIpc) is 2.34. The van der Waals surface area contributed by atoms with Crippen molar-refractivity contribution in [2.75, 3.05) is 32.8 Å². The molecule has 1 unspecified atom stereocenters. The van der Waals surface area contributed by atoms with Crippen molar-refractivity contribution in [2.45, 2.75) is 40.0 Å². The van der Waals surface area contributed by atoms with Gasteiger partial charge in [-0.1, -0.05) is 13.8 Å². The van der Waals surface area contributed by atoms with Gasteiger partial charge in [-0.3, -0.25) is 4.79 Å². The van der Waals surface area contributed by atoms with Crippen LogP contribution in [-0.4, -0.2) is 38.8 Å². The minimum absolute atomic E-state index is 0.155. The first-order valence-electron chi connectivity index (χ1n) is 7.11. The summed E-state index contributed by atoms with van der Waals surface area (Å²) in [4.78, 5) is 12.1. The molecule has 18 heavy (non-hydrogen) atoms. The number of ether oxygens (including phenoxy) is 1. The van der Waals surface area contributed by atoms with Gasteiger partial charge in [-0.15, -0.1) is 0 Å². The van der Waals surface area contributed by atoms with E-state index in [2.05, 4.69) is 24.5 Å². The van der Waals surface area contributed by atoms with Gasteiger partial charge in [0.25, 0.3) is 0 Å². The molecule has 0 radical (unpaired) electrons. The van der Waals surface area contributed by atoms with Crippen LogP contribution >= 0.6 is 0 Å². The van der Waals surface area contributed by atoms with Crippen molar-refractivity contribution in [3.63, 3.8) is 0 Å². The van der Waals surface area contributed by atoms with Gasteiger partial charge < -0.3 is 15.4 Å². The molecule has 0 bridgehead atoms. The molecule has 0 aliphatic carbocycles. The van der Waals surface area contributed by atoms with Crippen LogP contribution in [0.4, 0.5) is 0 Å². The summed E-state index contributed by atoms with van der Waals surface area (Å²) in [5.74, 6) is 0.828. The highest BCUT2D eigenvalue weighted by Gasteiger charge is 2.34. The van der Waals surface area contributed by atoms with Crippen LogP contribution < -0.4 is 10.6 Å². The van der Waals surface area contributed by atoms with E-state index in [1.807, 2.05) is 6.92 Å². The second-order valence-electron chi connectivity index (χ2n) is 5.89. The summed E-state index contributed by atoms with van der Waals surface area (Å²) in [5.41, 5.74) is -0.240. The molecule has 1 rings (SSSR count). The van der Waals surface area contributed by atoms with E-state index in [4.69, 9.17) is 4.74 Å². The second-order valence-corrected chi connectivity index (χ2v) is 5.89. The maximum atomic E-state index is 12.1. The third-order valence-corrected chi connectivity index (χ3v) is 3.52. The minimum Gasteiger partial charge on any atom is -0.380 e. The molecule has 1 saturated heterocycles. The van der Waals surface area contributed by atoms with Crippen LogP contribution in [-0.2, 0) is 9.53 Å². The lowest BCUT2D eigenvalue weighted by Gasteiger charge is -2.32. The molecule has 4 nitrogen and oxygen atoms in total. The lowest BCUT2D eigenvalue weighted by atomic mass is 9.82. The molecule has 2 N–H and O–H groups in total. The van der Waals surface area contributed by atoms with Gasteiger partial charge in [-0.2, -0.15) is 0 Å². The van der Waals surface area contributed by atoms with E-state index in [1.165, 1.54) is 0 Å². The number of piperidine rings is 1. The molecule has 106 valence electrons. The smallest absolute Gasteiger partial charge is 0.227 e. The fourth-order valence-corrected chi connectivity index (χ4v) is 2.12. The van der Waals surface area contributed by atoms with Crippen molar-refractivity contribution in [1.82, 2.24) is 10.6 Å². The normalized spacial score (nSPS) is 24.2. The van der Waals surface area contributed by atoms with Gasteiger partial charge >= 0.3 is 0 Å². The summed E-state index contributed by atoms with van der Waals surface area (Å²) in [6.45, 7) is 10.2. The number of rotatable bonds is 7. The Morgan fingerprint density at radius 1 is 1.44 bits per heavy atom. The molecule has 0 aromatic carbocycles. The Morgan fingerprint density at radius 3 is 2.83 bits per heavy atom. The number of carbonyl (C=O) groups excluding carboxylic acids is 1. The van der Waals surface area contributed by atoms with Crippen molar-refractivity contribution in [2.24, 2.45) is 11.3 Å². The highest BCUT2D eigenvalue weighted by molar-refractivity contribution is 5.82. The quantitative estimate of drug-likeness (QED) is 0.680. The first-order chi connectivity index (χ1) is 8.54. The number of hydrogen-bond acceptors (Lipinski definition) is 3. The Kier molecular flexibility index (Phi) is 6.65. The summed E-state index contributed by atoms with van der Waals surface area (Å²) in [7, 11) is 0. The van der Waals surface area contributed by atoms with E-state index in [9.17, 15) is 4.79 Å². The SMILES string of the molecule is CC(C)CCOCCNC(=O)C1(C)CCCNC1. The van der Waals surface area contributed by atoms with Gasteiger partial charge in [0.2, 0.25) is 5.91 Å². The first kappa shape index (κ1) is 15.4. The van der Waals surface area contributed by atoms with E-state index in [-0.39, 0.29) is 11.3 Å². The summed E-state index contributed by atoms with van der Waals surface area (Å²) in [6.07, 6.45) is 3.13. The number of amides is 1. The van der Waals surface area contributed by atoms with Crippen LogP contribution in [0.2, 0.25) is 0 Å². The zero-order valence-electron chi connectivity index (χ0n) is 12.1. The fourth-order valence-electron chi connectivity index (χ4n) is 2.12. The Morgan fingerprint density at radius 2 is 2.22 bits per heavy atom. The zero-order chi connectivity index (χ0) is 13.4. The van der Waals surface area contributed by atoms with Crippen molar-refractivity contribution >= 4 is 5.91 Å². The van der Waals surface area contributed by atoms with Crippen LogP contribution in [0.5, 0.6) is 0 Å². The third kappa shape index (κ3) is 5.36. The number of carbonyl (C=O) groups is 1. The maximum Gasteiger partial charge on any atom is 0.227 e. The summed E-state index contributed by atoms with van der Waals surface area (Å²) >= 11 is 0. The molecular weight excluding hydrogens is 228 g/mol. The first-order valence-corrected chi connectivity index (χ1v) is 7.11. The van der Waals surface area contributed by atoms with Crippen molar-refractivity contribution in [1.29, 1.82) is 0 Å². The van der Waals surface area contributed by atoms with Crippen molar-refractivity contribution in [3.05, 3.63) is 0 Å². The molecule has 1 fully saturated rings. The van der Waals surface area contributed by atoms with E-state index in [1.54, 1.807) is 0 Å². The molecule has 0 aromatic heterocycles. The second kappa shape index (κ2) is 7.74. The largest absolute Gasteiger partial charge is 0.380 e. The van der Waals surface area contributed by atoms with E-state index in [0.717, 1.165) is 39.0 Å². The Labute approximate surface area is 111 Å². The molecule has 1 amide bonds. The van der Waals surface area contributed by atoms with E-state index in [0.29, 0.717) is 19.1 Å². The van der Waals surface area contributed by atoms with Gasteiger partial charge in [0.1, 0.15) is 0 Å². The summed E-state index contributed by atoms with van der Waals surface area (Å²) in [6, 6.07) is 0. The van der Waals surface area contributed by atoms with Gasteiger partial charge in [0, 0.05) is 19.7 Å². The van der Waals surface area contributed by atoms with Gasteiger partial charge in [0.05, 0.1) is 12.0 Å². The molecular formula is C14H28N2O2. The predicted octanol–water partition coefficient (Wildman–Crippen LogP) is 1.56. The minimum atomic E-state index is -0.240. The monoisotopic (exact) mass is 256 g/mol. The molecule has 0 saturated carbocycles. The standard InChI is InChI=1S/C14H28N2O2/c1-12(2)5-9-18-10-8-16-13(17)14(3)6-4-7-15-11-14/h12,15H,4-11H2,1-3H3,(H,16,17). The van der Waals surface area contributed by atoms with E-state index < -0.39 is 0 Å². The van der Waals surface area contributed by atoms with Crippen LogP contribution in [0.1, 0.15) is 40.0 Å². The number of hydrogen-bond donors (Lipinski definition) is 2. The molecule has 1 aliphatic heterocycles. The van der Waals surface area contributed by atoms with Crippen molar-refractivity contribution in [3.8, 4) is 0 Å². The van der Waals surface area contributed by atoms with E-state index >= 15 is 0 Å². The van der Waals surface area contributed by atoms with Crippen LogP contribution in [0.3, 0.4) is 0 Å². The average molecular weight is 256 g/mol. The highest BCUT2D eigenvalue weighted by Crippen LogP contribution is 2.25. The summed E-state index contributed by atoms with van der Waals surface area (Å²) < 4.78 is 5.48. The molecule has 1 heterocycles. The van der Waals surface area contributed by atoms with Gasteiger partial charge in [-0.05, 0) is 38.6 Å². The van der Waals surface area contributed by atoms with Crippen LogP contribution in [0.15, 0.2) is 0 Å². The molecule has 4 heteroatoms. The van der Waals surface area contributed by atoms with Gasteiger partial charge in [0.15, 0.2) is 0 Å². The molecule has 1 atom stereocenters. The third-order valence-electron chi connectivity index (χ3n) is 3.52. The van der Waals surface area contributed by atoms with Crippen molar-refractivity contribution < 1.29 is 9.53 Å². The lowest BCUT2D eigenvalue weighted by Crippen LogP contribution is -2.49. The topological polar surface area (TPSA) is 50.4 Å². The predicted molar refractivity (Wildman–Crippen MR) is 73.5 cm³/mol. The number of nitrogens with one attached hydrogen (secondary N) is 2. The molecule has 0 aromatic rings. The fraction of sp³-hybridized carbons (Fsp3) is 0.929. The lowest BCUT2D eigenvalue weighted by molar-refractivity contribution is -0.131. The zero-order valence-corrected chi connectivity index (χ0v) is 12.1. The van der Waals surface area contributed by atoms with Crippen LogP contribution in [0.25, 0.3) is 0 Å². The highest BCUT2D eigenvalue weighted by atomic mass is 16.5. The molecule has 0 spiro atoms. The van der Waals surface area contributed by atoms with Crippen LogP contribution in [0, 0.1) is 11.3 Å². The van der Waals surface area contributed by atoms with Gasteiger partial charge in [-0.25, -0.2) is 0 Å².